The second kappa shape index (κ2) is 10.4. The maximum atomic E-state index is 13.0. The van der Waals surface area contributed by atoms with Gasteiger partial charge in [0.2, 0.25) is 0 Å². The number of anilines is 1. The molecule has 8 heteroatoms. The highest BCUT2D eigenvalue weighted by Crippen LogP contribution is 2.37. The van der Waals surface area contributed by atoms with E-state index >= 15 is 0 Å². The monoisotopic (exact) mass is 637 g/mol. The van der Waals surface area contributed by atoms with E-state index in [4.69, 9.17) is 21.7 Å². The van der Waals surface area contributed by atoms with E-state index in [-0.39, 0.29) is 5.91 Å². The lowest BCUT2D eigenvalue weighted by Crippen LogP contribution is -2.27. The standard InChI is InChI=1S/C24H17BrINO3S2/c1-29-21-12-16(4-11-20(21)30-14-15-2-7-18(26)8-3-15)13-22-23(28)27(24(31)32-22)19-9-5-17(25)6-10-19/h2-13H,14H2,1H3/b22-13-. The Hall–Kier alpha value is -1.88. The van der Waals surface area contributed by atoms with Gasteiger partial charge in [0.25, 0.3) is 5.91 Å². The molecule has 0 spiro atoms. The summed E-state index contributed by atoms with van der Waals surface area (Å²) < 4.78 is 14.1. The van der Waals surface area contributed by atoms with Crippen LogP contribution in [0.3, 0.4) is 0 Å². The molecule has 0 N–H and O–H groups in total. The number of methoxy groups -OCH3 is 1. The average molecular weight is 638 g/mol. The SMILES string of the molecule is COc1cc(/C=C2\SC(=S)N(c3ccc(Br)cc3)C2=O)ccc1OCc1ccc(I)cc1. The minimum Gasteiger partial charge on any atom is -0.493 e. The number of carbonyl (C=O) groups is 1. The van der Waals surface area contributed by atoms with E-state index in [9.17, 15) is 4.79 Å². The summed E-state index contributed by atoms with van der Waals surface area (Å²) in [6, 6.07) is 21.3. The maximum Gasteiger partial charge on any atom is 0.270 e. The molecule has 0 atom stereocenters. The first kappa shape index (κ1) is 23.3. The number of halogens is 2. The molecule has 162 valence electrons. The van der Waals surface area contributed by atoms with Crippen molar-refractivity contribution in [1.29, 1.82) is 0 Å². The van der Waals surface area contributed by atoms with Crippen LogP contribution in [0.2, 0.25) is 0 Å². The van der Waals surface area contributed by atoms with Gasteiger partial charge in [-0.2, -0.15) is 0 Å². The molecular formula is C24H17BrINO3S2. The van der Waals surface area contributed by atoms with Crippen molar-refractivity contribution in [1.82, 2.24) is 0 Å². The van der Waals surface area contributed by atoms with Crippen molar-refractivity contribution < 1.29 is 14.3 Å². The van der Waals surface area contributed by atoms with Crippen LogP contribution < -0.4 is 14.4 Å². The summed E-state index contributed by atoms with van der Waals surface area (Å²) in [5, 5.41) is 0. The van der Waals surface area contributed by atoms with Crippen molar-refractivity contribution in [3.8, 4) is 11.5 Å². The van der Waals surface area contributed by atoms with Crippen LogP contribution in [-0.2, 0) is 11.4 Å². The number of ether oxygens (including phenoxy) is 2. The fraction of sp³-hybridized carbons (Fsp3) is 0.0833. The van der Waals surface area contributed by atoms with Crippen molar-refractivity contribution >= 4 is 84.5 Å². The van der Waals surface area contributed by atoms with Gasteiger partial charge >= 0.3 is 0 Å². The molecule has 4 nitrogen and oxygen atoms in total. The minimum atomic E-state index is -0.139. The summed E-state index contributed by atoms with van der Waals surface area (Å²) in [6.07, 6.45) is 1.82. The first-order valence-corrected chi connectivity index (χ1v) is 12.6. The first-order chi connectivity index (χ1) is 15.4. The first-order valence-electron chi connectivity index (χ1n) is 9.53. The van der Waals surface area contributed by atoms with E-state index in [1.807, 2.05) is 72.8 Å². The third kappa shape index (κ3) is 5.36. The van der Waals surface area contributed by atoms with Crippen LogP contribution >= 0.6 is 62.5 Å². The lowest BCUT2D eigenvalue weighted by Gasteiger charge is -2.14. The van der Waals surface area contributed by atoms with Gasteiger partial charge in [0.05, 0.1) is 17.7 Å². The van der Waals surface area contributed by atoms with E-state index in [0.29, 0.717) is 27.3 Å². The lowest BCUT2D eigenvalue weighted by molar-refractivity contribution is -0.113. The molecule has 1 heterocycles. The largest absolute Gasteiger partial charge is 0.493 e. The fourth-order valence-corrected chi connectivity index (χ4v) is 4.99. The van der Waals surface area contributed by atoms with Crippen LogP contribution in [0.15, 0.2) is 76.1 Å². The molecule has 3 aromatic rings. The van der Waals surface area contributed by atoms with Gasteiger partial charge in [-0.15, -0.1) is 0 Å². The van der Waals surface area contributed by atoms with Gasteiger partial charge in [0.15, 0.2) is 15.8 Å². The van der Waals surface area contributed by atoms with E-state index in [1.165, 1.54) is 15.3 Å². The van der Waals surface area contributed by atoms with Gasteiger partial charge in [-0.3, -0.25) is 9.69 Å². The number of nitrogens with zero attached hydrogens (tertiary/aromatic N) is 1. The van der Waals surface area contributed by atoms with Gasteiger partial charge in [0, 0.05) is 8.04 Å². The molecule has 4 rings (SSSR count). The Labute approximate surface area is 218 Å². The molecule has 1 aliphatic rings. The van der Waals surface area contributed by atoms with Crippen LogP contribution in [0.4, 0.5) is 5.69 Å². The third-order valence-corrected chi connectivity index (χ3v) is 7.22. The number of hydrogen-bond donors (Lipinski definition) is 0. The Balaban J connectivity index is 1.52. The van der Waals surface area contributed by atoms with E-state index in [2.05, 4.69) is 38.5 Å². The Morgan fingerprint density at radius 1 is 1.06 bits per heavy atom. The van der Waals surface area contributed by atoms with Gasteiger partial charge in [-0.05, 0) is 88.3 Å². The summed E-state index contributed by atoms with van der Waals surface area (Å²) in [5.74, 6) is 1.11. The average Bonchev–Trinajstić information content (AvgIpc) is 3.07. The quantitative estimate of drug-likeness (QED) is 0.165. The Kier molecular flexibility index (Phi) is 7.55. The van der Waals surface area contributed by atoms with Crippen molar-refractivity contribution in [2.45, 2.75) is 6.61 Å². The molecule has 0 aromatic heterocycles. The van der Waals surface area contributed by atoms with Crippen molar-refractivity contribution in [2.75, 3.05) is 12.0 Å². The van der Waals surface area contributed by atoms with Crippen LogP contribution in [0.1, 0.15) is 11.1 Å². The van der Waals surface area contributed by atoms with Crippen LogP contribution in [0.25, 0.3) is 6.08 Å². The predicted molar refractivity (Wildman–Crippen MR) is 146 cm³/mol. The number of hydrogen-bond acceptors (Lipinski definition) is 5. The topological polar surface area (TPSA) is 38.8 Å². The number of amides is 1. The number of thioether (sulfide) groups is 1. The van der Waals surface area contributed by atoms with Gasteiger partial charge in [-0.1, -0.05) is 58.1 Å². The molecule has 0 bridgehead atoms. The Morgan fingerprint density at radius 2 is 1.78 bits per heavy atom. The second-order valence-corrected chi connectivity index (χ2v) is 10.7. The molecular weight excluding hydrogens is 621 g/mol. The maximum absolute atomic E-state index is 13.0. The summed E-state index contributed by atoms with van der Waals surface area (Å²) >= 11 is 12.4. The summed E-state index contributed by atoms with van der Waals surface area (Å²) in [6.45, 7) is 0.443. The molecule has 0 radical (unpaired) electrons. The zero-order valence-electron chi connectivity index (χ0n) is 16.9. The fourth-order valence-electron chi connectivity index (χ4n) is 3.07. The summed E-state index contributed by atoms with van der Waals surface area (Å²) in [4.78, 5) is 15.1. The summed E-state index contributed by atoms with van der Waals surface area (Å²) in [7, 11) is 1.60. The highest BCUT2D eigenvalue weighted by Gasteiger charge is 2.33. The predicted octanol–water partition coefficient (Wildman–Crippen LogP) is 7.05. The summed E-state index contributed by atoms with van der Waals surface area (Å²) in [5.41, 5.74) is 2.66. The highest BCUT2D eigenvalue weighted by molar-refractivity contribution is 14.1. The van der Waals surface area contributed by atoms with Crippen LogP contribution in [0, 0.1) is 3.57 Å². The number of rotatable bonds is 6. The second-order valence-electron chi connectivity index (χ2n) is 6.82. The smallest absolute Gasteiger partial charge is 0.270 e. The minimum absolute atomic E-state index is 0.139. The van der Waals surface area contributed by atoms with E-state index in [0.717, 1.165) is 21.3 Å². The van der Waals surface area contributed by atoms with Gasteiger partial charge < -0.3 is 9.47 Å². The highest BCUT2D eigenvalue weighted by atomic mass is 127. The van der Waals surface area contributed by atoms with Gasteiger partial charge in [0.1, 0.15) is 6.61 Å². The van der Waals surface area contributed by atoms with Crippen LogP contribution in [0.5, 0.6) is 11.5 Å². The number of thiocarbonyl (C=S) groups is 1. The normalized spacial score (nSPS) is 14.8. The number of benzene rings is 3. The zero-order valence-corrected chi connectivity index (χ0v) is 22.3. The molecule has 0 saturated carbocycles. The molecule has 1 saturated heterocycles. The van der Waals surface area contributed by atoms with E-state index < -0.39 is 0 Å². The Morgan fingerprint density at radius 3 is 2.47 bits per heavy atom. The Bertz CT molecular complexity index is 1200. The third-order valence-electron chi connectivity index (χ3n) is 4.67. The van der Waals surface area contributed by atoms with E-state index in [1.54, 1.807) is 12.0 Å². The molecule has 32 heavy (non-hydrogen) atoms. The molecule has 1 amide bonds. The van der Waals surface area contributed by atoms with Gasteiger partial charge in [-0.25, -0.2) is 0 Å². The molecule has 3 aromatic carbocycles. The number of carbonyl (C=O) groups excluding carboxylic acids is 1. The molecule has 1 fully saturated rings. The molecule has 0 aliphatic carbocycles. The lowest BCUT2D eigenvalue weighted by atomic mass is 10.1. The zero-order chi connectivity index (χ0) is 22.7. The molecule has 1 aliphatic heterocycles. The van der Waals surface area contributed by atoms with Crippen LogP contribution in [-0.4, -0.2) is 17.3 Å². The van der Waals surface area contributed by atoms with Crippen molar-refractivity contribution in [2.24, 2.45) is 0 Å². The van der Waals surface area contributed by atoms with Crippen molar-refractivity contribution in [3.63, 3.8) is 0 Å². The molecule has 0 unspecified atom stereocenters. The van der Waals surface area contributed by atoms with Crippen molar-refractivity contribution in [3.05, 3.63) is 90.8 Å².